The second kappa shape index (κ2) is 10.2. The third kappa shape index (κ3) is 4.90. The number of halogens is 3. The third-order valence-corrected chi connectivity index (χ3v) is 7.84. The zero-order chi connectivity index (χ0) is 28.9. The summed E-state index contributed by atoms with van der Waals surface area (Å²) in [6, 6.07) is 14.1. The van der Waals surface area contributed by atoms with E-state index in [-0.39, 0.29) is 29.3 Å². The number of nitrogens with one attached hydrogen (secondary N) is 1. The predicted octanol–water partition coefficient (Wildman–Crippen LogP) is 2.52. The topological polar surface area (TPSA) is 103 Å². The van der Waals surface area contributed by atoms with E-state index in [4.69, 9.17) is 4.98 Å². The van der Waals surface area contributed by atoms with Gasteiger partial charge in [-0.3, -0.25) is 23.3 Å². The van der Waals surface area contributed by atoms with E-state index in [1.165, 1.54) is 29.8 Å². The first-order valence-electron chi connectivity index (χ1n) is 13.2. The number of ether oxygens (including phenoxy) is 1. The molecular formula is C28H27F3N6O4. The lowest BCUT2D eigenvalue weighted by Gasteiger charge is -2.25. The highest BCUT2D eigenvalue weighted by atomic mass is 19.4. The molecule has 4 aromatic rings. The summed E-state index contributed by atoms with van der Waals surface area (Å²) in [4.78, 5) is 47.0. The Hall–Kier alpha value is -4.39. The molecule has 1 N–H and O–H groups in total. The maximum Gasteiger partial charge on any atom is 0.573 e. The number of hydrogen-bond acceptors (Lipinski definition) is 7. The fourth-order valence-corrected chi connectivity index (χ4v) is 5.85. The minimum absolute atomic E-state index is 0.0131. The van der Waals surface area contributed by atoms with Gasteiger partial charge in [0.15, 0.2) is 16.9 Å². The number of hydrogen-bond donors (Lipinski definition) is 1. The zero-order valence-electron chi connectivity index (χ0n) is 22.1. The van der Waals surface area contributed by atoms with Crippen LogP contribution in [0.25, 0.3) is 11.2 Å². The maximum absolute atomic E-state index is 13.9. The smallest absolute Gasteiger partial charge is 0.405 e. The Morgan fingerprint density at radius 2 is 1.78 bits per heavy atom. The molecule has 0 saturated carbocycles. The number of benzene rings is 2. The monoisotopic (exact) mass is 568 g/mol. The van der Waals surface area contributed by atoms with E-state index in [0.29, 0.717) is 30.5 Å². The molecule has 0 amide bonds. The molecule has 4 heterocycles. The van der Waals surface area contributed by atoms with E-state index in [9.17, 15) is 27.6 Å². The van der Waals surface area contributed by atoms with Gasteiger partial charge in [-0.25, -0.2) is 4.79 Å². The Morgan fingerprint density at radius 1 is 1.05 bits per heavy atom. The Morgan fingerprint density at radius 3 is 2.54 bits per heavy atom. The van der Waals surface area contributed by atoms with E-state index < -0.39 is 35.7 Å². The van der Waals surface area contributed by atoms with Crippen molar-refractivity contribution in [3.05, 3.63) is 86.6 Å². The van der Waals surface area contributed by atoms with E-state index in [1.54, 1.807) is 41.0 Å². The molecule has 2 fully saturated rings. The molecule has 2 atom stereocenters. The van der Waals surface area contributed by atoms with Crippen LogP contribution in [0.4, 0.5) is 19.1 Å². The molecule has 0 bridgehead atoms. The number of carbonyl (C=O) groups is 1. The molecule has 41 heavy (non-hydrogen) atoms. The van der Waals surface area contributed by atoms with Crippen molar-refractivity contribution in [2.24, 2.45) is 13.0 Å². The number of alkyl halides is 3. The van der Waals surface area contributed by atoms with E-state index in [2.05, 4.69) is 10.1 Å². The van der Waals surface area contributed by atoms with Gasteiger partial charge in [-0.15, -0.1) is 13.2 Å². The van der Waals surface area contributed by atoms with Crippen molar-refractivity contribution in [1.29, 1.82) is 0 Å². The highest BCUT2D eigenvalue weighted by Crippen LogP contribution is 2.34. The van der Waals surface area contributed by atoms with Crippen molar-refractivity contribution in [3.63, 3.8) is 0 Å². The molecule has 2 saturated heterocycles. The van der Waals surface area contributed by atoms with Crippen molar-refractivity contribution >= 4 is 22.9 Å². The van der Waals surface area contributed by atoms with Gasteiger partial charge in [0.2, 0.25) is 5.95 Å². The van der Waals surface area contributed by atoms with Crippen molar-refractivity contribution in [1.82, 2.24) is 24.0 Å². The van der Waals surface area contributed by atoms with Crippen LogP contribution in [-0.2, 0) is 20.1 Å². The van der Waals surface area contributed by atoms with Gasteiger partial charge < -0.3 is 15.0 Å². The summed E-state index contributed by atoms with van der Waals surface area (Å²) in [5.74, 6) is -0.108. The summed E-state index contributed by atoms with van der Waals surface area (Å²) in [5, 5.41) is 3.36. The average molecular weight is 569 g/mol. The predicted molar refractivity (Wildman–Crippen MR) is 144 cm³/mol. The Kier molecular flexibility index (Phi) is 6.68. The molecule has 10 nitrogen and oxygen atoms in total. The molecular weight excluding hydrogens is 541 g/mol. The van der Waals surface area contributed by atoms with Crippen LogP contribution in [0.1, 0.15) is 22.3 Å². The van der Waals surface area contributed by atoms with Crippen LogP contribution in [0.15, 0.2) is 64.2 Å². The van der Waals surface area contributed by atoms with Crippen LogP contribution in [0.3, 0.4) is 0 Å². The highest BCUT2D eigenvalue weighted by Gasteiger charge is 2.40. The van der Waals surface area contributed by atoms with Crippen molar-refractivity contribution in [2.75, 3.05) is 24.5 Å². The Labute approximate surface area is 231 Å². The molecule has 2 unspecified atom stereocenters. The number of carbonyl (C=O) groups excluding carboxylic acids is 1. The largest absolute Gasteiger partial charge is 0.573 e. The van der Waals surface area contributed by atoms with Crippen LogP contribution < -0.4 is 26.2 Å². The lowest BCUT2D eigenvalue weighted by atomic mass is 10.1. The zero-order valence-corrected chi connectivity index (χ0v) is 22.1. The molecule has 2 aliphatic rings. The van der Waals surface area contributed by atoms with Gasteiger partial charge in [-0.1, -0.05) is 48.5 Å². The molecule has 0 aliphatic carbocycles. The fraction of sp³-hybridized carbons (Fsp3) is 0.357. The quantitative estimate of drug-likeness (QED) is 0.342. The molecule has 2 aliphatic heterocycles. The van der Waals surface area contributed by atoms with Gasteiger partial charge in [0, 0.05) is 43.9 Å². The van der Waals surface area contributed by atoms with Gasteiger partial charge in [-0.2, -0.15) is 4.98 Å². The number of anilines is 1. The van der Waals surface area contributed by atoms with Gasteiger partial charge in [-0.05, 0) is 18.4 Å². The normalized spacial score (nSPS) is 18.7. The van der Waals surface area contributed by atoms with E-state index >= 15 is 0 Å². The molecule has 214 valence electrons. The molecule has 13 heteroatoms. The SMILES string of the molecule is Cn1c(=O)n(CC(=O)c2ccccc2)c(=O)c2c1nc(N1CCC3CNCC31)n2Cc1ccccc1OC(F)(F)F. The van der Waals surface area contributed by atoms with Crippen LogP contribution in [0.5, 0.6) is 5.75 Å². The van der Waals surface area contributed by atoms with Gasteiger partial charge >= 0.3 is 12.1 Å². The number of nitrogens with zero attached hydrogens (tertiary/aromatic N) is 5. The van der Waals surface area contributed by atoms with Gasteiger partial charge in [0.1, 0.15) is 5.75 Å². The third-order valence-electron chi connectivity index (χ3n) is 7.84. The second-order valence-electron chi connectivity index (χ2n) is 10.3. The van der Waals surface area contributed by atoms with Crippen LogP contribution in [0, 0.1) is 5.92 Å². The molecule has 0 spiro atoms. The van der Waals surface area contributed by atoms with Crippen molar-refractivity contribution in [3.8, 4) is 5.75 Å². The average Bonchev–Trinajstić information content (AvgIpc) is 3.66. The number of fused-ring (bicyclic) bond motifs is 2. The number of aromatic nitrogens is 4. The minimum atomic E-state index is -4.91. The minimum Gasteiger partial charge on any atom is -0.405 e. The molecule has 2 aromatic heterocycles. The number of para-hydroxylation sites is 1. The van der Waals surface area contributed by atoms with Crippen LogP contribution >= 0.6 is 0 Å². The molecule has 2 aromatic carbocycles. The van der Waals surface area contributed by atoms with Crippen LogP contribution in [-0.4, -0.2) is 56.5 Å². The highest BCUT2D eigenvalue weighted by molar-refractivity contribution is 5.96. The number of imidazole rings is 1. The Balaban J connectivity index is 1.53. The van der Waals surface area contributed by atoms with E-state index in [1.807, 2.05) is 4.90 Å². The van der Waals surface area contributed by atoms with E-state index in [0.717, 1.165) is 17.5 Å². The fourth-order valence-electron chi connectivity index (χ4n) is 5.85. The second-order valence-corrected chi connectivity index (χ2v) is 10.3. The summed E-state index contributed by atoms with van der Waals surface area (Å²) in [7, 11) is 1.46. The lowest BCUT2D eigenvalue weighted by molar-refractivity contribution is -0.274. The van der Waals surface area contributed by atoms with Gasteiger partial charge in [0.25, 0.3) is 5.56 Å². The first-order chi connectivity index (χ1) is 19.6. The number of ketones is 1. The molecule has 6 rings (SSSR count). The standard InChI is InChI=1S/C28H27F3N6O4/c1-34-24-23(25(39)37(27(34)40)16-21(38)17-7-3-2-4-8-17)36(15-19-9-5-6-10-22(19)41-28(29,30)31)26(33-24)35-12-11-18-13-32-14-20(18)35/h2-10,18,20,32H,11-16H2,1H3. The van der Waals surface area contributed by atoms with Crippen molar-refractivity contribution < 1.29 is 22.7 Å². The van der Waals surface area contributed by atoms with Crippen molar-refractivity contribution in [2.45, 2.75) is 31.9 Å². The van der Waals surface area contributed by atoms with Crippen LogP contribution in [0.2, 0.25) is 0 Å². The number of Topliss-reactive ketones (excluding diaryl/α,β-unsaturated/α-hetero) is 1. The first kappa shape index (κ1) is 26.8. The summed E-state index contributed by atoms with van der Waals surface area (Å²) in [6.45, 7) is 1.47. The number of rotatable bonds is 7. The maximum atomic E-state index is 13.9. The first-order valence-corrected chi connectivity index (χ1v) is 13.2. The Bertz CT molecular complexity index is 1740. The molecule has 0 radical (unpaired) electrons. The lowest BCUT2D eigenvalue weighted by Crippen LogP contribution is -2.41. The summed E-state index contributed by atoms with van der Waals surface area (Å²) in [5.41, 5.74) is -0.857. The summed E-state index contributed by atoms with van der Waals surface area (Å²) in [6.07, 6.45) is -4.04. The number of aryl methyl sites for hydroxylation is 1. The summed E-state index contributed by atoms with van der Waals surface area (Å²) >= 11 is 0. The van der Waals surface area contributed by atoms with Gasteiger partial charge in [0.05, 0.1) is 13.1 Å². The summed E-state index contributed by atoms with van der Waals surface area (Å²) < 4.78 is 47.5.